The molecular weight excluding hydrogens is 1580 g/mol. The number of benzene rings is 4. The zero-order chi connectivity index (χ0) is 83.0. The largest absolute Gasteiger partial charge is 0.467 e. The van der Waals surface area contributed by atoms with Crippen LogP contribution in [-0.2, 0) is 93.5 Å². The highest BCUT2D eigenvalue weighted by atomic mass is 32.1. The summed E-state index contributed by atoms with van der Waals surface area (Å²) in [5.74, 6) is -7.79. The second-order valence-corrected chi connectivity index (χ2v) is 28.7. The van der Waals surface area contributed by atoms with Gasteiger partial charge in [-0.15, -0.1) is 45.3 Å². The van der Waals surface area contributed by atoms with E-state index in [0.29, 0.717) is 38.3 Å². The number of para-hydroxylation sites is 1. The lowest BCUT2D eigenvalue weighted by Crippen LogP contribution is -2.37. The van der Waals surface area contributed by atoms with Gasteiger partial charge in [-0.05, 0) is 87.4 Å². The summed E-state index contributed by atoms with van der Waals surface area (Å²) in [5.41, 5.74) is 8.43. The van der Waals surface area contributed by atoms with Gasteiger partial charge in [0.05, 0.1) is 92.4 Å². The van der Waals surface area contributed by atoms with E-state index < -0.39 is 94.0 Å². The molecule has 0 amide bonds. The first-order valence-electron chi connectivity index (χ1n) is 33.5. The third-order valence-electron chi connectivity index (χ3n) is 16.3. The third-order valence-corrected chi connectivity index (χ3v) is 19.7. The summed E-state index contributed by atoms with van der Waals surface area (Å²) in [7, 11) is 7.44. The fourth-order valence-corrected chi connectivity index (χ4v) is 13.3. The Hall–Kier alpha value is -12.3. The van der Waals surface area contributed by atoms with Crippen LogP contribution in [0.3, 0.4) is 0 Å². The van der Waals surface area contributed by atoms with Crippen molar-refractivity contribution in [1.82, 2.24) is 38.2 Å². The Labute approximate surface area is 660 Å². The van der Waals surface area contributed by atoms with Crippen LogP contribution in [0.1, 0.15) is 138 Å². The highest BCUT2D eigenvalue weighted by Gasteiger charge is 2.29. The van der Waals surface area contributed by atoms with Gasteiger partial charge in [0.1, 0.15) is 50.2 Å². The van der Waals surface area contributed by atoms with Crippen LogP contribution in [0.2, 0.25) is 0 Å². The van der Waals surface area contributed by atoms with Crippen molar-refractivity contribution < 1.29 is 118 Å². The van der Waals surface area contributed by atoms with Crippen molar-refractivity contribution >= 4 is 160 Å². The molecule has 114 heavy (non-hydrogen) atoms. The van der Waals surface area contributed by atoms with Gasteiger partial charge >= 0.3 is 47.8 Å². The molecule has 1 unspecified atom stereocenters. The van der Waals surface area contributed by atoms with Crippen LogP contribution in [-0.4, -0.2) is 171 Å². The van der Waals surface area contributed by atoms with E-state index in [1.807, 2.05) is 24.3 Å². The predicted molar refractivity (Wildman–Crippen MR) is 406 cm³/mol. The molecule has 12 rings (SSSR count). The molecule has 0 saturated heterocycles. The molecule has 0 bridgehead atoms. The lowest BCUT2D eigenvalue weighted by molar-refractivity contribution is -0.157. The van der Waals surface area contributed by atoms with Gasteiger partial charge < -0.3 is 71.4 Å². The van der Waals surface area contributed by atoms with Crippen LogP contribution in [0.5, 0.6) is 0 Å². The number of carbonyl (C=O) groups excluding carboxylic acids is 12. The first-order valence-corrected chi connectivity index (χ1v) is 37.0. The van der Waals surface area contributed by atoms with E-state index >= 15 is 0 Å². The Kier molecular flexibility index (Phi) is 28.8. The lowest BCUT2D eigenvalue weighted by Gasteiger charge is -2.17. The number of methoxy groups -OCH3 is 6. The number of ketones is 4. The number of ether oxygens (including phenoxy) is 10. The molecule has 2 N–H and O–H groups in total. The molecule has 8 aromatic heterocycles. The molecule has 0 aliphatic carbocycles. The number of fused-ring (bicyclic) bond motifs is 4. The smallest absolute Gasteiger partial charge is 0.357 e. The predicted octanol–water partition coefficient (Wildman–Crippen LogP) is 11.2. The number of hydrogen-bond acceptors (Lipinski definition) is 31. The fourth-order valence-electron chi connectivity index (χ4n) is 10.4. The second kappa shape index (κ2) is 38.3. The number of carbonyl (C=O) groups is 12. The SMILES string of the molecule is COC(=O)COCn1cc(C(=O)c2nc(C(=O)OC)cs2)c2ccc(F)cc21.COC(=O)COCn1cc(C(=O)c2nc(C(=O)OC)cs2)c2ccccc21.COC(=O)c1csc(C(=O)c2cn(COC(=O)C(C)(C)C)c3cc(F)ccc23)n1.COC(=O)c1csc(C(=O)c2cn(COC(=O)C(N)C(C)C)c3cc(F)ccc23)n1. The lowest BCUT2D eigenvalue weighted by atomic mass is 9.98. The Morgan fingerprint density at radius 1 is 0.412 bits per heavy atom. The van der Waals surface area contributed by atoms with Crippen LogP contribution in [0, 0.1) is 28.8 Å². The molecule has 38 heteroatoms. The maximum Gasteiger partial charge on any atom is 0.357 e. The van der Waals surface area contributed by atoms with E-state index in [4.69, 9.17) is 24.7 Å². The van der Waals surface area contributed by atoms with Crippen molar-refractivity contribution in [2.45, 2.75) is 67.6 Å². The van der Waals surface area contributed by atoms with Crippen LogP contribution >= 0.6 is 45.3 Å². The van der Waals surface area contributed by atoms with Gasteiger partial charge in [-0.1, -0.05) is 32.0 Å². The Morgan fingerprint density at radius 2 is 0.711 bits per heavy atom. The number of esters is 8. The molecule has 12 aromatic rings. The Bertz CT molecular complexity index is 5660. The topological polar surface area (TPSA) is 394 Å². The highest BCUT2D eigenvalue weighted by molar-refractivity contribution is 7.13. The monoisotopic (exact) mass is 1650 g/mol. The standard InChI is InChI=1S/C20H20FN3O5S.C20H19FN2O5S.C18H15FN2O6S.C18H16N2O6S/c1-10(2)16(22)20(27)29-9-24-7-13(12-5-4-11(21)6-15(12)24)17(25)18-23-14(8-30-18)19(26)28-3;1-20(2,3)19(26)28-10-23-8-13(12-6-5-11(21)7-15(12)23)16(24)17-22-14(9-29-17)18(25)27-4;1-25-15(22)7-27-9-21-6-12(11-4-3-10(19)5-14(11)21)16(23)17-20-13(8-28-17)18(24)26-2;1-24-15(21)8-26-10-20-7-12(11-5-3-4-6-14(11)20)16(22)17-19-13(9-27-17)18(23)25-2/h4-8,10,16H,9,22H2,1-3H3;5-9H,10H2,1-4H3;3-6,8H,7,9H2,1-2H3;3-7,9H,8,10H2,1-2H3. The summed E-state index contributed by atoms with van der Waals surface area (Å²) in [4.78, 5) is 161. The molecule has 0 aliphatic heterocycles. The van der Waals surface area contributed by atoms with Gasteiger partial charge in [0.15, 0.2) is 56.3 Å². The van der Waals surface area contributed by atoms with Gasteiger partial charge in [0.2, 0.25) is 23.1 Å². The Balaban J connectivity index is 0.000000174. The van der Waals surface area contributed by atoms with Gasteiger partial charge in [0, 0.05) is 67.9 Å². The number of nitrogens with two attached hydrogens (primary N) is 1. The maximum atomic E-state index is 13.8. The third kappa shape index (κ3) is 20.5. The fraction of sp³-hybridized carbons (Fsp3) is 0.263. The minimum Gasteiger partial charge on any atom is -0.467 e. The summed E-state index contributed by atoms with van der Waals surface area (Å²) in [5, 5.41) is 8.39. The van der Waals surface area contributed by atoms with Crippen molar-refractivity contribution in [2.24, 2.45) is 17.1 Å². The number of thiazole rings is 4. The zero-order valence-electron chi connectivity index (χ0n) is 62.4. The minimum atomic E-state index is -0.795. The Morgan fingerprint density at radius 3 is 1.02 bits per heavy atom. The molecule has 0 radical (unpaired) electrons. The number of aromatic nitrogens is 8. The maximum absolute atomic E-state index is 13.8. The summed E-state index contributed by atoms with van der Waals surface area (Å²) >= 11 is 4.08. The highest BCUT2D eigenvalue weighted by Crippen LogP contribution is 2.32. The molecule has 596 valence electrons. The van der Waals surface area contributed by atoms with Crippen molar-refractivity contribution in [2.75, 3.05) is 55.9 Å². The molecule has 0 saturated carbocycles. The number of halogens is 3. The summed E-state index contributed by atoms with van der Waals surface area (Å²) < 4.78 is 96.1. The molecule has 0 spiro atoms. The zero-order valence-corrected chi connectivity index (χ0v) is 65.7. The molecule has 0 aliphatic rings. The first-order chi connectivity index (χ1) is 54.3. The van der Waals surface area contributed by atoms with Crippen LogP contribution < -0.4 is 5.73 Å². The van der Waals surface area contributed by atoms with Gasteiger partial charge in [-0.25, -0.2) is 61.9 Å². The summed E-state index contributed by atoms with van der Waals surface area (Å²) in [6.07, 6.45) is 6.08. The van der Waals surface area contributed by atoms with Crippen molar-refractivity contribution in [3.63, 3.8) is 0 Å². The molecule has 8 heterocycles. The molecule has 1 atom stereocenters. The number of rotatable bonds is 26. The first kappa shape index (κ1) is 85.7. The van der Waals surface area contributed by atoms with Crippen LogP contribution in [0.4, 0.5) is 13.2 Å². The minimum absolute atomic E-state index is 0.0252. The second-order valence-electron chi connectivity index (χ2n) is 25.3. The average molecular weight is 1650 g/mol. The van der Waals surface area contributed by atoms with E-state index in [-0.39, 0.29) is 111 Å². The molecular formula is C76H70F3N9O22S4. The molecule has 31 nitrogen and oxygen atoms in total. The molecule has 4 aromatic carbocycles. The van der Waals surface area contributed by atoms with Gasteiger partial charge in [0.25, 0.3) is 0 Å². The van der Waals surface area contributed by atoms with Gasteiger partial charge in [-0.3, -0.25) is 28.8 Å². The average Bonchev–Trinajstić information content (AvgIpc) is 1.64. The number of nitrogens with zero attached hydrogens (tertiary/aromatic N) is 8. The van der Waals surface area contributed by atoms with Crippen molar-refractivity contribution in [3.05, 3.63) is 208 Å². The van der Waals surface area contributed by atoms with Crippen LogP contribution in [0.15, 0.2) is 125 Å². The van der Waals surface area contributed by atoms with Gasteiger partial charge in [-0.2, -0.15) is 0 Å². The van der Waals surface area contributed by atoms with Crippen molar-refractivity contribution in [1.29, 1.82) is 0 Å². The van der Waals surface area contributed by atoms with E-state index in [0.717, 1.165) is 56.3 Å². The van der Waals surface area contributed by atoms with E-state index in [2.05, 4.69) is 48.4 Å². The summed E-state index contributed by atoms with van der Waals surface area (Å²) in [6.45, 7) is 7.84. The normalized spacial score (nSPS) is 11.3. The van der Waals surface area contributed by atoms with E-state index in [1.165, 1.54) is 151 Å². The van der Waals surface area contributed by atoms with E-state index in [1.54, 1.807) is 45.4 Å². The molecule has 0 fully saturated rings. The van der Waals surface area contributed by atoms with E-state index in [9.17, 15) is 70.7 Å². The van der Waals surface area contributed by atoms with Crippen molar-refractivity contribution in [3.8, 4) is 0 Å². The summed E-state index contributed by atoms with van der Waals surface area (Å²) in [6, 6.07) is 18.4. The van der Waals surface area contributed by atoms with Crippen LogP contribution in [0.25, 0.3) is 43.6 Å². The quantitative estimate of drug-likeness (QED) is 0.0299. The number of hydrogen-bond donors (Lipinski definition) is 1.